The van der Waals surface area contributed by atoms with Crippen LogP contribution in [0.2, 0.25) is 5.02 Å². The monoisotopic (exact) mass is 322 g/mol. The van der Waals surface area contributed by atoms with Crippen LogP contribution < -0.4 is 5.32 Å². The summed E-state index contributed by atoms with van der Waals surface area (Å²) >= 11 is 5.81. The summed E-state index contributed by atoms with van der Waals surface area (Å²) in [6, 6.07) is 14.4. The molecule has 0 amide bonds. The molecule has 0 radical (unpaired) electrons. The number of anilines is 2. The van der Waals surface area contributed by atoms with E-state index < -0.39 is 11.9 Å². The first kappa shape index (κ1) is 14.7. The minimum atomic E-state index is -4.50. The van der Waals surface area contributed by atoms with Crippen LogP contribution in [0.25, 0.3) is 10.9 Å². The summed E-state index contributed by atoms with van der Waals surface area (Å²) in [5.74, 6) is 0. The molecule has 0 saturated heterocycles. The van der Waals surface area contributed by atoms with Crippen LogP contribution in [-0.2, 0) is 6.18 Å². The highest BCUT2D eigenvalue weighted by molar-refractivity contribution is 6.30. The minimum Gasteiger partial charge on any atom is -0.355 e. The van der Waals surface area contributed by atoms with Crippen molar-refractivity contribution in [3.63, 3.8) is 0 Å². The van der Waals surface area contributed by atoms with Gasteiger partial charge in [-0.25, -0.2) is 4.98 Å². The molecule has 0 bridgehead atoms. The number of hydrogen-bond acceptors (Lipinski definition) is 2. The molecular weight excluding hydrogens is 313 g/mol. The second-order valence-electron chi connectivity index (χ2n) is 4.70. The maximum Gasteiger partial charge on any atom is 0.433 e. The van der Waals surface area contributed by atoms with E-state index >= 15 is 0 Å². The number of rotatable bonds is 2. The van der Waals surface area contributed by atoms with Crippen LogP contribution in [0.1, 0.15) is 5.69 Å². The lowest BCUT2D eigenvalue weighted by molar-refractivity contribution is -0.140. The number of benzene rings is 2. The van der Waals surface area contributed by atoms with Gasteiger partial charge in [-0.2, -0.15) is 13.2 Å². The predicted molar refractivity (Wildman–Crippen MR) is 81.5 cm³/mol. The molecule has 22 heavy (non-hydrogen) atoms. The molecule has 3 aromatic rings. The number of aromatic nitrogens is 1. The number of pyridine rings is 1. The van der Waals surface area contributed by atoms with Gasteiger partial charge in [-0.05, 0) is 36.4 Å². The van der Waals surface area contributed by atoms with E-state index in [0.717, 1.165) is 6.07 Å². The molecule has 0 atom stereocenters. The van der Waals surface area contributed by atoms with Crippen LogP contribution >= 0.6 is 11.6 Å². The molecule has 112 valence electrons. The molecule has 6 heteroatoms. The summed E-state index contributed by atoms with van der Waals surface area (Å²) < 4.78 is 38.9. The van der Waals surface area contributed by atoms with Crippen LogP contribution in [0.15, 0.2) is 54.6 Å². The predicted octanol–water partition coefficient (Wildman–Crippen LogP) is 5.65. The Morgan fingerprint density at radius 2 is 1.64 bits per heavy atom. The molecule has 0 unspecified atom stereocenters. The van der Waals surface area contributed by atoms with Crippen molar-refractivity contribution in [1.29, 1.82) is 0 Å². The summed E-state index contributed by atoms with van der Waals surface area (Å²) in [7, 11) is 0. The summed E-state index contributed by atoms with van der Waals surface area (Å²) in [6.45, 7) is 0. The van der Waals surface area contributed by atoms with Gasteiger partial charge in [0, 0.05) is 16.1 Å². The third kappa shape index (κ3) is 2.99. The quantitative estimate of drug-likeness (QED) is 0.659. The Morgan fingerprint density at radius 3 is 2.32 bits per heavy atom. The van der Waals surface area contributed by atoms with E-state index in [-0.39, 0.29) is 5.52 Å². The van der Waals surface area contributed by atoms with Gasteiger partial charge in [-0.15, -0.1) is 0 Å². The Kier molecular flexibility index (Phi) is 3.66. The molecule has 0 aliphatic rings. The molecule has 0 aliphatic carbocycles. The maximum absolute atomic E-state index is 13.0. The lowest BCUT2D eigenvalue weighted by atomic mass is 10.1. The minimum absolute atomic E-state index is 0.286. The van der Waals surface area contributed by atoms with E-state index in [1.807, 2.05) is 0 Å². The number of nitrogens with zero attached hydrogens (tertiary/aromatic N) is 1. The van der Waals surface area contributed by atoms with E-state index in [0.29, 0.717) is 21.8 Å². The Bertz CT molecular complexity index is 814. The average molecular weight is 323 g/mol. The van der Waals surface area contributed by atoms with E-state index in [1.165, 1.54) is 0 Å². The highest BCUT2D eigenvalue weighted by Gasteiger charge is 2.33. The summed E-state index contributed by atoms with van der Waals surface area (Å²) in [5.41, 5.74) is 0.352. The Morgan fingerprint density at radius 1 is 0.955 bits per heavy atom. The van der Waals surface area contributed by atoms with Crippen molar-refractivity contribution in [3.8, 4) is 0 Å². The number of alkyl halides is 3. The van der Waals surface area contributed by atoms with Crippen molar-refractivity contribution in [2.45, 2.75) is 6.18 Å². The van der Waals surface area contributed by atoms with Crippen molar-refractivity contribution in [2.24, 2.45) is 0 Å². The maximum atomic E-state index is 13.0. The van der Waals surface area contributed by atoms with Gasteiger partial charge >= 0.3 is 6.18 Å². The first-order valence-corrected chi connectivity index (χ1v) is 6.81. The van der Waals surface area contributed by atoms with Crippen LogP contribution in [0, 0.1) is 0 Å². The molecule has 0 saturated carbocycles. The van der Waals surface area contributed by atoms with E-state index in [9.17, 15) is 13.2 Å². The molecule has 0 spiro atoms. The topological polar surface area (TPSA) is 24.9 Å². The van der Waals surface area contributed by atoms with Gasteiger partial charge < -0.3 is 5.32 Å². The Labute approximate surface area is 129 Å². The third-order valence-corrected chi connectivity index (χ3v) is 3.38. The molecule has 1 aromatic heterocycles. The van der Waals surface area contributed by atoms with Gasteiger partial charge in [0.1, 0.15) is 5.69 Å². The number of hydrogen-bond donors (Lipinski definition) is 1. The molecule has 2 nitrogen and oxygen atoms in total. The lowest BCUT2D eigenvalue weighted by Crippen LogP contribution is -2.09. The molecule has 2 aromatic carbocycles. The summed E-state index contributed by atoms with van der Waals surface area (Å²) in [4.78, 5) is 3.68. The van der Waals surface area contributed by atoms with Crippen LogP contribution in [0.4, 0.5) is 24.5 Å². The SMILES string of the molecule is FC(F)(F)c1cc(Nc2ccc(Cl)cc2)c2ccccc2n1. The highest BCUT2D eigenvalue weighted by Crippen LogP contribution is 2.34. The zero-order chi connectivity index (χ0) is 15.7. The molecule has 0 aliphatic heterocycles. The number of fused-ring (bicyclic) bond motifs is 1. The van der Waals surface area contributed by atoms with E-state index in [1.54, 1.807) is 48.5 Å². The van der Waals surface area contributed by atoms with Crippen LogP contribution in [-0.4, -0.2) is 4.98 Å². The zero-order valence-electron chi connectivity index (χ0n) is 11.2. The second-order valence-corrected chi connectivity index (χ2v) is 5.14. The van der Waals surface area contributed by atoms with Crippen LogP contribution in [0.5, 0.6) is 0 Å². The van der Waals surface area contributed by atoms with E-state index in [4.69, 9.17) is 11.6 Å². The Balaban J connectivity index is 2.12. The van der Waals surface area contributed by atoms with Crippen molar-refractivity contribution >= 4 is 33.9 Å². The zero-order valence-corrected chi connectivity index (χ0v) is 11.9. The third-order valence-electron chi connectivity index (χ3n) is 3.13. The van der Waals surface area contributed by atoms with Crippen molar-refractivity contribution < 1.29 is 13.2 Å². The van der Waals surface area contributed by atoms with Gasteiger partial charge in [-0.3, -0.25) is 0 Å². The second kappa shape index (κ2) is 5.50. The average Bonchev–Trinajstić information content (AvgIpc) is 2.48. The van der Waals surface area contributed by atoms with Crippen molar-refractivity contribution in [1.82, 2.24) is 4.98 Å². The molecule has 0 fully saturated rings. The fourth-order valence-electron chi connectivity index (χ4n) is 2.11. The number of nitrogens with one attached hydrogen (secondary N) is 1. The largest absolute Gasteiger partial charge is 0.433 e. The van der Waals surface area contributed by atoms with Gasteiger partial charge in [0.2, 0.25) is 0 Å². The fraction of sp³-hybridized carbons (Fsp3) is 0.0625. The summed E-state index contributed by atoms with van der Waals surface area (Å²) in [5, 5.41) is 4.16. The fourth-order valence-corrected chi connectivity index (χ4v) is 2.24. The molecule has 1 N–H and O–H groups in total. The smallest absolute Gasteiger partial charge is 0.355 e. The first-order valence-electron chi connectivity index (χ1n) is 6.43. The van der Waals surface area contributed by atoms with Gasteiger partial charge in [0.25, 0.3) is 0 Å². The number of halogens is 4. The molecule has 3 rings (SSSR count). The van der Waals surface area contributed by atoms with Crippen molar-refractivity contribution in [3.05, 3.63) is 65.3 Å². The Hall–Kier alpha value is -2.27. The molecular formula is C16H10ClF3N2. The standard InChI is InChI=1S/C16H10ClF3N2/c17-10-5-7-11(8-6-10)21-14-9-15(16(18,19)20)22-13-4-2-1-3-12(13)14/h1-9H,(H,21,22). The lowest BCUT2D eigenvalue weighted by Gasteiger charge is -2.13. The van der Waals surface area contributed by atoms with Gasteiger partial charge in [-0.1, -0.05) is 29.8 Å². The number of para-hydroxylation sites is 1. The van der Waals surface area contributed by atoms with Gasteiger partial charge in [0.15, 0.2) is 0 Å². The highest BCUT2D eigenvalue weighted by atomic mass is 35.5. The van der Waals surface area contributed by atoms with E-state index in [2.05, 4.69) is 10.3 Å². The normalized spacial score (nSPS) is 11.6. The summed E-state index contributed by atoms with van der Waals surface area (Å²) in [6.07, 6.45) is -4.50. The van der Waals surface area contributed by atoms with Gasteiger partial charge in [0.05, 0.1) is 11.2 Å². The van der Waals surface area contributed by atoms with Crippen molar-refractivity contribution in [2.75, 3.05) is 5.32 Å². The first-order chi connectivity index (χ1) is 10.4. The molecule has 1 heterocycles. The van der Waals surface area contributed by atoms with Crippen LogP contribution in [0.3, 0.4) is 0 Å².